The average molecular weight is 226 g/mol. The molecular weight excluding hydrogens is 200 g/mol. The van der Waals surface area contributed by atoms with E-state index in [0.717, 1.165) is 25.9 Å². The molecule has 1 fully saturated rings. The maximum absolute atomic E-state index is 11.8. The van der Waals surface area contributed by atoms with Crippen molar-refractivity contribution in [2.24, 2.45) is 23.5 Å². The second-order valence-corrected chi connectivity index (χ2v) is 5.10. The quantitative estimate of drug-likeness (QED) is 0.664. The topological polar surface area (TPSA) is 55.1 Å². The number of carbonyl (C=O) groups is 1. The molecule has 0 aromatic rings. The van der Waals surface area contributed by atoms with Crippen molar-refractivity contribution in [3.8, 4) is 0 Å². The maximum Gasteiger partial charge on any atom is 0.223 e. The number of amides is 1. The number of carbonyl (C=O) groups excluding carboxylic acids is 1. The summed E-state index contributed by atoms with van der Waals surface area (Å²) in [5.41, 5.74) is 5.57. The van der Waals surface area contributed by atoms with Crippen LogP contribution in [0.3, 0.4) is 0 Å². The Morgan fingerprint density at radius 1 is 1.44 bits per heavy atom. The number of hydrogen-bond acceptors (Lipinski definition) is 2. The molecule has 0 spiro atoms. The van der Waals surface area contributed by atoms with Gasteiger partial charge in [0, 0.05) is 12.5 Å². The van der Waals surface area contributed by atoms with Crippen LogP contribution in [0.25, 0.3) is 0 Å². The zero-order chi connectivity index (χ0) is 12.0. The van der Waals surface area contributed by atoms with Crippen LogP contribution in [0, 0.1) is 17.8 Å². The van der Waals surface area contributed by atoms with Gasteiger partial charge in [-0.15, -0.1) is 0 Å². The van der Waals surface area contributed by atoms with Crippen LogP contribution in [-0.2, 0) is 4.79 Å². The summed E-state index contributed by atoms with van der Waals surface area (Å²) >= 11 is 0. The van der Waals surface area contributed by atoms with E-state index in [1.165, 1.54) is 19.3 Å². The van der Waals surface area contributed by atoms with Gasteiger partial charge in [0.1, 0.15) is 0 Å². The Morgan fingerprint density at radius 2 is 2.12 bits per heavy atom. The molecule has 0 radical (unpaired) electrons. The molecule has 0 saturated heterocycles. The first-order valence-electron chi connectivity index (χ1n) is 6.66. The van der Waals surface area contributed by atoms with Gasteiger partial charge in [-0.05, 0) is 44.1 Å². The lowest BCUT2D eigenvalue weighted by molar-refractivity contribution is -0.125. The highest BCUT2D eigenvalue weighted by Crippen LogP contribution is 2.36. The van der Waals surface area contributed by atoms with Crippen molar-refractivity contribution in [1.82, 2.24) is 5.32 Å². The Hall–Kier alpha value is -0.570. The molecule has 1 aliphatic carbocycles. The summed E-state index contributed by atoms with van der Waals surface area (Å²) in [6.45, 7) is 5.75. The van der Waals surface area contributed by atoms with Crippen LogP contribution < -0.4 is 11.1 Å². The summed E-state index contributed by atoms with van der Waals surface area (Å²) in [6.07, 6.45) is 5.81. The van der Waals surface area contributed by atoms with Crippen molar-refractivity contribution in [3.05, 3.63) is 0 Å². The van der Waals surface area contributed by atoms with E-state index in [1.807, 2.05) is 6.92 Å². The van der Waals surface area contributed by atoms with Gasteiger partial charge in [-0.1, -0.05) is 20.3 Å². The van der Waals surface area contributed by atoms with E-state index in [-0.39, 0.29) is 11.8 Å². The fourth-order valence-electron chi connectivity index (χ4n) is 2.21. The molecule has 2 atom stereocenters. The molecule has 1 amide bonds. The Morgan fingerprint density at radius 3 is 2.62 bits per heavy atom. The van der Waals surface area contributed by atoms with Crippen LogP contribution in [0.5, 0.6) is 0 Å². The molecule has 0 aliphatic heterocycles. The lowest BCUT2D eigenvalue weighted by Crippen LogP contribution is -2.34. The SMILES string of the molecule is CCCC(CCN)CNC(=O)C(C)C1CC1. The molecule has 0 aromatic carbocycles. The van der Waals surface area contributed by atoms with Crippen LogP contribution in [0.1, 0.15) is 46.0 Å². The standard InChI is InChI=1S/C13H26N2O/c1-3-4-11(7-8-14)9-15-13(16)10(2)12-5-6-12/h10-12H,3-9,14H2,1-2H3,(H,15,16). The van der Waals surface area contributed by atoms with Crippen molar-refractivity contribution in [2.45, 2.75) is 46.0 Å². The fraction of sp³-hybridized carbons (Fsp3) is 0.923. The molecule has 1 rings (SSSR count). The second-order valence-electron chi connectivity index (χ2n) is 5.10. The van der Waals surface area contributed by atoms with Crippen molar-refractivity contribution in [2.75, 3.05) is 13.1 Å². The zero-order valence-electron chi connectivity index (χ0n) is 10.7. The molecule has 3 heteroatoms. The Labute approximate surface area is 99.2 Å². The van der Waals surface area contributed by atoms with Gasteiger partial charge in [0.2, 0.25) is 5.91 Å². The van der Waals surface area contributed by atoms with E-state index in [4.69, 9.17) is 5.73 Å². The normalized spacial score (nSPS) is 19.2. The van der Waals surface area contributed by atoms with E-state index < -0.39 is 0 Å². The number of rotatable bonds is 8. The Bertz CT molecular complexity index is 208. The van der Waals surface area contributed by atoms with E-state index in [9.17, 15) is 4.79 Å². The van der Waals surface area contributed by atoms with Crippen LogP contribution >= 0.6 is 0 Å². The van der Waals surface area contributed by atoms with Gasteiger partial charge in [0.25, 0.3) is 0 Å². The third kappa shape index (κ3) is 4.52. The predicted octanol–water partition coefficient (Wildman–Crippen LogP) is 1.91. The van der Waals surface area contributed by atoms with Gasteiger partial charge in [-0.2, -0.15) is 0 Å². The lowest BCUT2D eigenvalue weighted by Gasteiger charge is -2.18. The van der Waals surface area contributed by atoms with Gasteiger partial charge in [0.15, 0.2) is 0 Å². The maximum atomic E-state index is 11.8. The van der Waals surface area contributed by atoms with Gasteiger partial charge < -0.3 is 11.1 Å². The molecule has 0 heterocycles. The molecule has 16 heavy (non-hydrogen) atoms. The largest absolute Gasteiger partial charge is 0.356 e. The molecule has 94 valence electrons. The number of nitrogens with two attached hydrogens (primary N) is 1. The third-order valence-corrected chi connectivity index (χ3v) is 3.58. The van der Waals surface area contributed by atoms with Gasteiger partial charge >= 0.3 is 0 Å². The van der Waals surface area contributed by atoms with Crippen LogP contribution in [-0.4, -0.2) is 19.0 Å². The van der Waals surface area contributed by atoms with E-state index >= 15 is 0 Å². The highest BCUT2D eigenvalue weighted by Gasteiger charge is 2.32. The first-order valence-corrected chi connectivity index (χ1v) is 6.66. The molecule has 1 saturated carbocycles. The van der Waals surface area contributed by atoms with Gasteiger partial charge in [-0.25, -0.2) is 0 Å². The Balaban J connectivity index is 2.21. The first-order chi connectivity index (χ1) is 7.69. The van der Waals surface area contributed by atoms with Crippen molar-refractivity contribution in [3.63, 3.8) is 0 Å². The molecule has 2 unspecified atom stereocenters. The predicted molar refractivity (Wildman–Crippen MR) is 67.0 cm³/mol. The van der Waals surface area contributed by atoms with Crippen LogP contribution in [0.15, 0.2) is 0 Å². The van der Waals surface area contributed by atoms with Crippen LogP contribution in [0.2, 0.25) is 0 Å². The fourth-order valence-corrected chi connectivity index (χ4v) is 2.21. The molecular formula is C13H26N2O. The van der Waals surface area contributed by atoms with Gasteiger partial charge in [-0.3, -0.25) is 4.79 Å². The lowest BCUT2D eigenvalue weighted by atomic mass is 9.99. The molecule has 3 N–H and O–H groups in total. The highest BCUT2D eigenvalue weighted by atomic mass is 16.1. The summed E-state index contributed by atoms with van der Waals surface area (Å²) in [6, 6.07) is 0. The van der Waals surface area contributed by atoms with Crippen molar-refractivity contribution < 1.29 is 4.79 Å². The first kappa shape index (κ1) is 13.5. The minimum absolute atomic E-state index is 0.208. The monoisotopic (exact) mass is 226 g/mol. The summed E-state index contributed by atoms with van der Waals surface area (Å²) in [7, 11) is 0. The van der Waals surface area contributed by atoms with E-state index in [2.05, 4.69) is 12.2 Å². The van der Waals surface area contributed by atoms with Crippen molar-refractivity contribution in [1.29, 1.82) is 0 Å². The number of nitrogens with one attached hydrogen (secondary N) is 1. The van der Waals surface area contributed by atoms with Crippen LogP contribution in [0.4, 0.5) is 0 Å². The summed E-state index contributed by atoms with van der Waals surface area (Å²) in [4.78, 5) is 11.8. The minimum atomic E-state index is 0.208. The molecule has 0 bridgehead atoms. The van der Waals surface area contributed by atoms with Crippen molar-refractivity contribution >= 4 is 5.91 Å². The Kier molecular flexibility index (Phi) is 5.81. The smallest absolute Gasteiger partial charge is 0.223 e. The van der Waals surface area contributed by atoms with Gasteiger partial charge in [0.05, 0.1) is 0 Å². The molecule has 3 nitrogen and oxygen atoms in total. The summed E-state index contributed by atoms with van der Waals surface area (Å²) in [5, 5.41) is 3.08. The average Bonchev–Trinajstić information content (AvgIpc) is 3.09. The minimum Gasteiger partial charge on any atom is -0.356 e. The second kappa shape index (κ2) is 6.89. The number of hydrogen-bond donors (Lipinski definition) is 2. The van der Waals surface area contributed by atoms with E-state index in [0.29, 0.717) is 11.8 Å². The zero-order valence-corrected chi connectivity index (χ0v) is 10.7. The summed E-state index contributed by atoms with van der Waals surface area (Å²) < 4.78 is 0. The summed E-state index contributed by atoms with van der Waals surface area (Å²) in [5.74, 6) is 1.66. The third-order valence-electron chi connectivity index (χ3n) is 3.58. The van der Waals surface area contributed by atoms with E-state index in [1.54, 1.807) is 0 Å². The molecule has 1 aliphatic rings. The molecule has 0 aromatic heterocycles. The highest BCUT2D eigenvalue weighted by molar-refractivity contribution is 5.78.